The van der Waals surface area contributed by atoms with Crippen LogP contribution >= 0.6 is 23.2 Å². The van der Waals surface area contributed by atoms with Crippen LogP contribution in [0.2, 0.25) is 10.0 Å². The lowest BCUT2D eigenvalue weighted by atomic mass is 9.80. The van der Waals surface area contributed by atoms with Crippen LogP contribution in [0.1, 0.15) is 39.5 Å². The Hall–Kier alpha value is -1.38. The maximum Gasteiger partial charge on any atom is 0.165 e. The average Bonchev–Trinajstić information content (AvgIpc) is 2.38. The molecule has 0 amide bonds. The number of halogens is 2. The van der Waals surface area contributed by atoms with E-state index < -0.39 is 0 Å². The Balaban J connectivity index is 2.01. The summed E-state index contributed by atoms with van der Waals surface area (Å²) in [4.78, 5) is 16.7. The summed E-state index contributed by atoms with van der Waals surface area (Å²) in [7, 11) is 0. The number of carbonyl (C=O) groups is 1. The van der Waals surface area contributed by atoms with Crippen LogP contribution in [0.15, 0.2) is 30.5 Å². The van der Waals surface area contributed by atoms with Crippen molar-refractivity contribution in [3.05, 3.63) is 62.9 Å². The van der Waals surface area contributed by atoms with E-state index in [1.807, 2.05) is 25.1 Å². The molecule has 0 N–H and O–H groups in total. The van der Waals surface area contributed by atoms with Gasteiger partial charge in [0.15, 0.2) is 5.78 Å². The number of aryl methyl sites for hydroxylation is 1. The van der Waals surface area contributed by atoms with Gasteiger partial charge in [0.25, 0.3) is 0 Å². The maximum atomic E-state index is 12.4. The van der Waals surface area contributed by atoms with Crippen molar-refractivity contribution in [1.82, 2.24) is 4.98 Å². The first-order valence-electron chi connectivity index (χ1n) is 6.49. The zero-order valence-electron chi connectivity index (χ0n) is 11.0. The number of Topliss-reactive ketones (excluding diaryl/α,β-unsaturated/α-hetero) is 1. The Morgan fingerprint density at radius 3 is 2.75 bits per heavy atom. The summed E-state index contributed by atoms with van der Waals surface area (Å²) < 4.78 is 0. The van der Waals surface area contributed by atoms with Crippen LogP contribution in [0.25, 0.3) is 0 Å². The molecule has 0 aliphatic heterocycles. The molecule has 1 aliphatic carbocycles. The van der Waals surface area contributed by atoms with Crippen LogP contribution in [-0.2, 0) is 6.42 Å². The zero-order valence-corrected chi connectivity index (χ0v) is 12.5. The SMILES string of the molecule is Cc1ccnc2c1C(=O)C[C@@H](c1ccc(Cl)cc1Cl)C2. The largest absolute Gasteiger partial charge is 0.294 e. The summed E-state index contributed by atoms with van der Waals surface area (Å²) in [5.74, 6) is 0.224. The molecular formula is C16H13Cl2NO. The van der Waals surface area contributed by atoms with Gasteiger partial charge in [-0.15, -0.1) is 0 Å². The monoisotopic (exact) mass is 305 g/mol. The molecule has 1 atom stereocenters. The second-order valence-corrected chi connectivity index (χ2v) is 5.99. The molecule has 0 radical (unpaired) electrons. The van der Waals surface area contributed by atoms with Crippen LogP contribution in [0, 0.1) is 6.92 Å². The number of nitrogens with zero attached hydrogens (tertiary/aromatic N) is 1. The molecule has 1 aromatic carbocycles. The first-order chi connectivity index (χ1) is 9.56. The van der Waals surface area contributed by atoms with Gasteiger partial charge in [-0.1, -0.05) is 29.3 Å². The molecule has 1 aliphatic rings. The smallest absolute Gasteiger partial charge is 0.165 e. The van der Waals surface area contributed by atoms with E-state index in [0.717, 1.165) is 28.8 Å². The van der Waals surface area contributed by atoms with E-state index >= 15 is 0 Å². The number of ketones is 1. The van der Waals surface area contributed by atoms with Gasteiger partial charge in [-0.3, -0.25) is 9.78 Å². The van der Waals surface area contributed by atoms with Gasteiger partial charge < -0.3 is 0 Å². The molecule has 102 valence electrons. The van der Waals surface area contributed by atoms with E-state index in [9.17, 15) is 4.79 Å². The van der Waals surface area contributed by atoms with Gasteiger partial charge in [0, 0.05) is 28.2 Å². The molecule has 0 saturated carbocycles. The highest BCUT2D eigenvalue weighted by atomic mass is 35.5. The number of benzene rings is 1. The number of carbonyl (C=O) groups excluding carboxylic acids is 1. The third kappa shape index (κ3) is 2.34. The zero-order chi connectivity index (χ0) is 14.3. The molecule has 0 unspecified atom stereocenters. The second-order valence-electron chi connectivity index (χ2n) is 5.14. The van der Waals surface area contributed by atoms with Gasteiger partial charge in [-0.2, -0.15) is 0 Å². The van der Waals surface area contributed by atoms with Crippen molar-refractivity contribution < 1.29 is 4.79 Å². The highest BCUT2D eigenvalue weighted by Gasteiger charge is 2.29. The predicted octanol–water partition coefficient (Wildman–Crippen LogP) is 4.61. The Bertz CT molecular complexity index is 697. The minimum Gasteiger partial charge on any atom is -0.294 e. The first-order valence-corrected chi connectivity index (χ1v) is 7.24. The van der Waals surface area contributed by atoms with E-state index in [1.165, 1.54) is 0 Å². The van der Waals surface area contributed by atoms with E-state index in [4.69, 9.17) is 23.2 Å². The Morgan fingerprint density at radius 2 is 2.00 bits per heavy atom. The topological polar surface area (TPSA) is 30.0 Å². The van der Waals surface area contributed by atoms with Crippen molar-refractivity contribution in [2.24, 2.45) is 0 Å². The molecule has 0 bridgehead atoms. The van der Waals surface area contributed by atoms with E-state index in [2.05, 4.69) is 4.98 Å². The second kappa shape index (κ2) is 5.19. The van der Waals surface area contributed by atoms with Crippen molar-refractivity contribution in [1.29, 1.82) is 0 Å². The molecule has 0 fully saturated rings. The summed E-state index contributed by atoms with van der Waals surface area (Å²) in [5.41, 5.74) is 3.63. The fraction of sp³-hybridized carbons (Fsp3) is 0.250. The van der Waals surface area contributed by atoms with Gasteiger partial charge in [0.2, 0.25) is 0 Å². The summed E-state index contributed by atoms with van der Waals surface area (Å²) in [6.07, 6.45) is 2.97. The molecule has 0 spiro atoms. The van der Waals surface area contributed by atoms with E-state index in [-0.39, 0.29) is 11.7 Å². The Morgan fingerprint density at radius 1 is 1.20 bits per heavy atom. The third-order valence-electron chi connectivity index (χ3n) is 3.79. The van der Waals surface area contributed by atoms with Crippen molar-refractivity contribution in [2.45, 2.75) is 25.7 Å². The van der Waals surface area contributed by atoms with Crippen LogP contribution < -0.4 is 0 Å². The molecule has 1 heterocycles. The standard InChI is InChI=1S/C16H13Cl2NO/c1-9-4-5-19-14-6-10(7-15(20)16(9)14)12-3-2-11(17)8-13(12)18/h2-5,8,10H,6-7H2,1H3/t10-/m0/s1. The number of aromatic nitrogens is 1. The lowest BCUT2D eigenvalue weighted by molar-refractivity contribution is 0.0962. The van der Waals surface area contributed by atoms with E-state index in [0.29, 0.717) is 16.5 Å². The van der Waals surface area contributed by atoms with Gasteiger partial charge in [0.05, 0.1) is 5.69 Å². The molecule has 0 saturated heterocycles. The lowest BCUT2D eigenvalue weighted by Crippen LogP contribution is -2.21. The lowest BCUT2D eigenvalue weighted by Gasteiger charge is -2.25. The number of rotatable bonds is 1. The summed E-state index contributed by atoms with van der Waals surface area (Å²) >= 11 is 12.2. The van der Waals surface area contributed by atoms with Crippen molar-refractivity contribution >= 4 is 29.0 Å². The van der Waals surface area contributed by atoms with Crippen LogP contribution in [0.5, 0.6) is 0 Å². The number of hydrogen-bond acceptors (Lipinski definition) is 2. The van der Waals surface area contributed by atoms with Gasteiger partial charge in [0.1, 0.15) is 0 Å². The van der Waals surface area contributed by atoms with Gasteiger partial charge in [-0.05, 0) is 48.6 Å². The van der Waals surface area contributed by atoms with Gasteiger partial charge in [-0.25, -0.2) is 0 Å². The summed E-state index contributed by atoms with van der Waals surface area (Å²) in [6, 6.07) is 7.32. The predicted molar refractivity (Wildman–Crippen MR) is 80.8 cm³/mol. The maximum absolute atomic E-state index is 12.4. The normalized spacial score (nSPS) is 17.9. The van der Waals surface area contributed by atoms with Crippen LogP contribution in [0.4, 0.5) is 0 Å². The Labute approximate surface area is 127 Å². The number of pyridine rings is 1. The fourth-order valence-corrected chi connectivity index (χ4v) is 3.40. The number of fused-ring (bicyclic) bond motifs is 1. The highest BCUT2D eigenvalue weighted by Crippen LogP contribution is 2.36. The van der Waals surface area contributed by atoms with Crippen LogP contribution in [0.3, 0.4) is 0 Å². The summed E-state index contributed by atoms with van der Waals surface area (Å²) in [5, 5.41) is 1.22. The fourth-order valence-electron chi connectivity index (χ4n) is 2.83. The Kier molecular flexibility index (Phi) is 3.53. The first kappa shape index (κ1) is 13.6. The van der Waals surface area contributed by atoms with Crippen molar-refractivity contribution in [2.75, 3.05) is 0 Å². The van der Waals surface area contributed by atoms with Crippen LogP contribution in [-0.4, -0.2) is 10.8 Å². The average molecular weight is 306 g/mol. The van der Waals surface area contributed by atoms with Crippen molar-refractivity contribution in [3.63, 3.8) is 0 Å². The molecule has 2 nitrogen and oxygen atoms in total. The third-order valence-corrected chi connectivity index (χ3v) is 4.35. The minimum absolute atomic E-state index is 0.0778. The minimum atomic E-state index is 0.0778. The molecule has 2 aromatic rings. The van der Waals surface area contributed by atoms with Crippen molar-refractivity contribution in [3.8, 4) is 0 Å². The quantitative estimate of drug-likeness (QED) is 0.770. The van der Waals surface area contributed by atoms with Gasteiger partial charge >= 0.3 is 0 Å². The molecule has 4 heteroatoms. The molecule has 1 aromatic heterocycles. The molecule has 3 rings (SSSR count). The van der Waals surface area contributed by atoms with E-state index in [1.54, 1.807) is 12.3 Å². The summed E-state index contributed by atoms with van der Waals surface area (Å²) in [6.45, 7) is 1.95. The molecule has 20 heavy (non-hydrogen) atoms. The highest BCUT2D eigenvalue weighted by molar-refractivity contribution is 6.35. The number of hydrogen-bond donors (Lipinski definition) is 0. The molecular weight excluding hydrogens is 293 g/mol.